The van der Waals surface area contributed by atoms with Gasteiger partial charge in [0.05, 0.1) is 35.2 Å². The molecular weight excluding hydrogens is 364 g/mol. The van der Waals surface area contributed by atoms with Crippen molar-refractivity contribution in [2.75, 3.05) is 13.2 Å². The van der Waals surface area contributed by atoms with E-state index >= 15 is 0 Å². The molecule has 1 heterocycles. The molecule has 1 atom stereocenters. The van der Waals surface area contributed by atoms with Gasteiger partial charge >= 0.3 is 11.9 Å². The van der Waals surface area contributed by atoms with Crippen LogP contribution in [0.15, 0.2) is 47.3 Å². The lowest BCUT2D eigenvalue weighted by atomic mass is 9.88. The van der Waals surface area contributed by atoms with Gasteiger partial charge in [0, 0.05) is 29.6 Å². The van der Waals surface area contributed by atoms with Crippen molar-refractivity contribution < 1.29 is 24.0 Å². The molecule has 8 heteroatoms. The average Bonchev–Trinajstić information content (AvgIpc) is 2.66. The number of nitrogens with zero attached hydrogens (tertiary/aromatic N) is 1. The molecule has 1 aliphatic rings. The molecule has 8 nitrogen and oxygen atoms in total. The molecule has 1 aromatic rings. The molecule has 146 valence electrons. The summed E-state index contributed by atoms with van der Waals surface area (Å²) in [5.41, 5.74) is 1.39. The van der Waals surface area contributed by atoms with Crippen molar-refractivity contribution >= 4 is 17.6 Å². The number of dihydropyridines is 1. The fourth-order valence-electron chi connectivity index (χ4n) is 2.56. The van der Waals surface area contributed by atoms with Gasteiger partial charge in [-0.3, -0.25) is 10.1 Å². The van der Waals surface area contributed by atoms with Crippen LogP contribution in [0, 0.1) is 27.9 Å². The number of ether oxygens (including phenoxy) is 2. The maximum Gasteiger partial charge on any atom is 0.337 e. The zero-order valence-electron chi connectivity index (χ0n) is 15.8. The topological polar surface area (TPSA) is 108 Å². The monoisotopic (exact) mass is 384 g/mol. The Bertz CT molecular complexity index is 903. The second-order valence-corrected chi connectivity index (χ2v) is 5.73. The first-order valence-electron chi connectivity index (χ1n) is 8.66. The third-order valence-corrected chi connectivity index (χ3v) is 3.89. The maximum atomic E-state index is 12.4. The molecule has 1 N–H and O–H groups in total. The van der Waals surface area contributed by atoms with Crippen molar-refractivity contribution in [1.29, 1.82) is 0 Å². The Balaban J connectivity index is 2.43. The van der Waals surface area contributed by atoms with Crippen molar-refractivity contribution in [1.82, 2.24) is 5.32 Å². The highest BCUT2D eigenvalue weighted by molar-refractivity contribution is 5.98. The molecule has 0 aliphatic carbocycles. The minimum atomic E-state index is -0.852. The Morgan fingerprint density at radius 3 is 2.32 bits per heavy atom. The van der Waals surface area contributed by atoms with Crippen LogP contribution in [0.4, 0.5) is 5.69 Å². The summed E-state index contributed by atoms with van der Waals surface area (Å²) >= 11 is 0. The molecule has 1 aromatic carbocycles. The van der Waals surface area contributed by atoms with Gasteiger partial charge in [-0.05, 0) is 32.9 Å². The van der Waals surface area contributed by atoms with E-state index in [1.54, 1.807) is 20.8 Å². The number of allylic oxidation sites excluding steroid dienone is 1. The van der Waals surface area contributed by atoms with Crippen molar-refractivity contribution in [3.63, 3.8) is 0 Å². The van der Waals surface area contributed by atoms with Crippen LogP contribution in [-0.4, -0.2) is 30.1 Å². The third kappa shape index (κ3) is 4.76. The first kappa shape index (κ1) is 20.7. The SMILES string of the molecule is CCOC(=O)C1=CNC(C)=C(C(=O)OCC)C1C#Cc1ccc([N+](=O)[O-])cc1. The van der Waals surface area contributed by atoms with Crippen LogP contribution in [0.3, 0.4) is 0 Å². The standard InChI is InChI=1S/C20H20N2O6/c1-4-27-19(23)17-12-21-13(3)18(20(24)28-5-2)16(17)11-8-14-6-9-15(10-7-14)22(25)26/h6-7,9-10,12,16,21H,4-5H2,1-3H3. The normalized spacial score (nSPS) is 15.5. The lowest BCUT2D eigenvalue weighted by Crippen LogP contribution is -2.30. The minimum absolute atomic E-state index is 0.0533. The van der Waals surface area contributed by atoms with Gasteiger partial charge in [0.2, 0.25) is 0 Å². The Labute approximate surface area is 162 Å². The van der Waals surface area contributed by atoms with E-state index in [0.29, 0.717) is 11.3 Å². The molecule has 1 aliphatic heterocycles. The highest BCUT2D eigenvalue weighted by Gasteiger charge is 2.33. The lowest BCUT2D eigenvalue weighted by molar-refractivity contribution is -0.384. The van der Waals surface area contributed by atoms with Crippen molar-refractivity contribution in [3.05, 3.63) is 63.0 Å². The van der Waals surface area contributed by atoms with Gasteiger partial charge in [-0.2, -0.15) is 0 Å². The number of non-ortho nitro benzene ring substituents is 1. The van der Waals surface area contributed by atoms with E-state index in [2.05, 4.69) is 17.2 Å². The van der Waals surface area contributed by atoms with Crippen LogP contribution in [-0.2, 0) is 19.1 Å². The molecule has 0 amide bonds. The molecular formula is C20H20N2O6. The molecule has 2 rings (SSSR count). The summed E-state index contributed by atoms with van der Waals surface area (Å²) < 4.78 is 10.2. The maximum absolute atomic E-state index is 12.4. The first-order chi connectivity index (χ1) is 13.4. The highest BCUT2D eigenvalue weighted by Crippen LogP contribution is 2.28. The number of esters is 2. The predicted octanol–water partition coefficient (Wildman–Crippen LogP) is 2.45. The Morgan fingerprint density at radius 2 is 1.75 bits per heavy atom. The van der Waals surface area contributed by atoms with Crippen molar-refractivity contribution in [2.45, 2.75) is 20.8 Å². The fourth-order valence-corrected chi connectivity index (χ4v) is 2.56. The molecule has 0 spiro atoms. The molecule has 0 fully saturated rings. The molecule has 0 saturated carbocycles. The summed E-state index contributed by atoms with van der Waals surface area (Å²) in [5.74, 6) is 3.75. The first-order valence-corrected chi connectivity index (χ1v) is 8.66. The Kier molecular flexibility index (Phi) is 6.93. The number of nitro benzene ring substituents is 1. The van der Waals surface area contributed by atoms with Gasteiger partial charge in [-0.15, -0.1) is 0 Å². The van der Waals surface area contributed by atoms with E-state index in [9.17, 15) is 19.7 Å². The van der Waals surface area contributed by atoms with Gasteiger partial charge < -0.3 is 14.8 Å². The predicted molar refractivity (Wildman–Crippen MR) is 101 cm³/mol. The van der Waals surface area contributed by atoms with E-state index in [4.69, 9.17) is 9.47 Å². The summed E-state index contributed by atoms with van der Waals surface area (Å²) in [6.07, 6.45) is 1.46. The molecule has 0 aromatic heterocycles. The molecule has 0 radical (unpaired) electrons. The average molecular weight is 384 g/mol. The molecule has 0 saturated heterocycles. The van der Waals surface area contributed by atoms with Crippen LogP contribution in [0.5, 0.6) is 0 Å². The van der Waals surface area contributed by atoms with Gasteiger partial charge in [0.1, 0.15) is 0 Å². The van der Waals surface area contributed by atoms with Gasteiger partial charge in [0.25, 0.3) is 5.69 Å². The zero-order valence-corrected chi connectivity index (χ0v) is 15.8. The Hall–Kier alpha value is -3.60. The Morgan fingerprint density at radius 1 is 1.14 bits per heavy atom. The second kappa shape index (κ2) is 9.37. The molecule has 28 heavy (non-hydrogen) atoms. The number of carbonyl (C=O) groups is 2. The summed E-state index contributed by atoms with van der Waals surface area (Å²) in [4.78, 5) is 35.0. The number of carbonyl (C=O) groups excluding carboxylic acids is 2. The van der Waals surface area contributed by atoms with Crippen molar-refractivity contribution in [2.24, 2.45) is 5.92 Å². The lowest BCUT2D eigenvalue weighted by Gasteiger charge is -2.23. The van der Waals surface area contributed by atoms with Crippen LogP contribution >= 0.6 is 0 Å². The van der Waals surface area contributed by atoms with Crippen LogP contribution in [0.25, 0.3) is 0 Å². The fraction of sp³-hybridized carbons (Fsp3) is 0.300. The van der Waals surface area contributed by atoms with Crippen molar-refractivity contribution in [3.8, 4) is 11.8 Å². The molecule has 0 bridgehead atoms. The largest absolute Gasteiger partial charge is 0.463 e. The zero-order chi connectivity index (χ0) is 20.7. The van der Waals surface area contributed by atoms with Crippen LogP contribution < -0.4 is 5.32 Å². The summed E-state index contributed by atoms with van der Waals surface area (Å²) in [6, 6.07) is 5.67. The van der Waals surface area contributed by atoms with E-state index in [-0.39, 0.29) is 30.0 Å². The number of hydrogen-bond acceptors (Lipinski definition) is 7. The summed E-state index contributed by atoms with van der Waals surface area (Å²) in [6.45, 7) is 5.40. The highest BCUT2D eigenvalue weighted by atomic mass is 16.6. The minimum Gasteiger partial charge on any atom is -0.463 e. The van der Waals surface area contributed by atoms with E-state index in [1.165, 1.54) is 30.5 Å². The number of rotatable bonds is 5. The van der Waals surface area contributed by atoms with Crippen LogP contribution in [0.2, 0.25) is 0 Å². The van der Waals surface area contributed by atoms with Crippen LogP contribution in [0.1, 0.15) is 26.3 Å². The number of benzene rings is 1. The number of nitrogens with one attached hydrogen (secondary N) is 1. The van der Waals surface area contributed by atoms with Gasteiger partial charge in [-0.25, -0.2) is 9.59 Å². The smallest absolute Gasteiger partial charge is 0.337 e. The third-order valence-electron chi connectivity index (χ3n) is 3.89. The number of hydrogen-bond donors (Lipinski definition) is 1. The summed E-state index contributed by atoms with van der Waals surface area (Å²) in [5, 5.41) is 13.6. The van der Waals surface area contributed by atoms with E-state index in [1.807, 2.05) is 0 Å². The summed E-state index contributed by atoms with van der Waals surface area (Å²) in [7, 11) is 0. The molecule has 1 unspecified atom stereocenters. The van der Waals surface area contributed by atoms with Gasteiger partial charge in [0.15, 0.2) is 0 Å². The van der Waals surface area contributed by atoms with Gasteiger partial charge in [-0.1, -0.05) is 11.8 Å². The van der Waals surface area contributed by atoms with E-state index < -0.39 is 22.8 Å². The van der Waals surface area contributed by atoms with E-state index in [0.717, 1.165) is 0 Å². The second-order valence-electron chi connectivity index (χ2n) is 5.73. The quantitative estimate of drug-likeness (QED) is 0.359. The number of nitro groups is 1.